The number of amides is 1. The number of carbonyl (C=O) groups is 1. The van der Waals surface area contributed by atoms with Gasteiger partial charge in [0.2, 0.25) is 5.95 Å². The standard InChI is InChI=1S/C12H10F3N5O4S/c13-7(14)3-17-12-16-2-5-1-6(21)11(9(15)10(5)18-12)20-4-8(22)19-25(20,23)24/h1-2,7,21H,3-4H2,(H,19,22)(H,16,17,18). The molecule has 134 valence electrons. The molecule has 0 atom stereocenters. The molecular weight excluding hydrogens is 367 g/mol. The normalized spacial score (nSPS) is 16.5. The number of carbonyl (C=O) groups excluding carboxylic acids is 1. The highest BCUT2D eigenvalue weighted by atomic mass is 32.2. The van der Waals surface area contributed by atoms with Gasteiger partial charge in [-0.05, 0) is 6.07 Å². The molecule has 1 fully saturated rings. The van der Waals surface area contributed by atoms with Gasteiger partial charge in [0, 0.05) is 11.6 Å². The largest absolute Gasteiger partial charge is 0.506 e. The second kappa shape index (κ2) is 5.91. The average molecular weight is 377 g/mol. The minimum atomic E-state index is -4.36. The van der Waals surface area contributed by atoms with Crippen LogP contribution < -0.4 is 14.3 Å². The highest BCUT2D eigenvalue weighted by molar-refractivity contribution is 7.92. The average Bonchev–Trinajstić information content (AvgIpc) is 2.78. The number of aromatic nitrogens is 2. The zero-order valence-electron chi connectivity index (χ0n) is 12.2. The molecule has 1 aliphatic rings. The highest BCUT2D eigenvalue weighted by Crippen LogP contribution is 2.37. The maximum Gasteiger partial charge on any atom is 0.326 e. The van der Waals surface area contributed by atoms with Gasteiger partial charge in [0.15, 0.2) is 5.82 Å². The van der Waals surface area contributed by atoms with Crippen LogP contribution in [0.3, 0.4) is 0 Å². The summed E-state index contributed by atoms with van der Waals surface area (Å²) in [4.78, 5) is 18.7. The molecule has 1 amide bonds. The lowest BCUT2D eigenvalue weighted by Crippen LogP contribution is -2.30. The predicted molar refractivity (Wildman–Crippen MR) is 80.1 cm³/mol. The van der Waals surface area contributed by atoms with E-state index in [1.807, 2.05) is 0 Å². The summed E-state index contributed by atoms with van der Waals surface area (Å²) in [6.07, 6.45) is -1.61. The number of nitrogens with zero attached hydrogens (tertiary/aromatic N) is 3. The van der Waals surface area contributed by atoms with E-state index in [1.165, 1.54) is 0 Å². The van der Waals surface area contributed by atoms with Crippen molar-refractivity contribution >= 4 is 38.7 Å². The topological polar surface area (TPSA) is 125 Å². The fourth-order valence-corrected chi connectivity index (χ4v) is 3.41. The fraction of sp³-hybridized carbons (Fsp3) is 0.250. The zero-order valence-corrected chi connectivity index (χ0v) is 13.0. The van der Waals surface area contributed by atoms with Gasteiger partial charge in [0.1, 0.15) is 23.5 Å². The number of phenolic OH excluding ortho intramolecular Hbond substituents is 1. The van der Waals surface area contributed by atoms with Crippen molar-refractivity contribution in [2.75, 3.05) is 22.7 Å². The zero-order chi connectivity index (χ0) is 18.4. The monoisotopic (exact) mass is 377 g/mol. The van der Waals surface area contributed by atoms with Gasteiger partial charge in [-0.25, -0.2) is 32.2 Å². The van der Waals surface area contributed by atoms with Crippen LogP contribution >= 0.6 is 0 Å². The first-order chi connectivity index (χ1) is 11.7. The molecule has 0 saturated carbocycles. The Morgan fingerprint density at radius 1 is 1.44 bits per heavy atom. The van der Waals surface area contributed by atoms with Gasteiger partial charge < -0.3 is 10.4 Å². The van der Waals surface area contributed by atoms with Crippen LogP contribution in [0.2, 0.25) is 0 Å². The number of halogens is 3. The van der Waals surface area contributed by atoms with Gasteiger partial charge in [-0.2, -0.15) is 8.42 Å². The van der Waals surface area contributed by atoms with Crippen LogP contribution in [0.15, 0.2) is 12.3 Å². The molecule has 1 saturated heterocycles. The molecule has 3 N–H and O–H groups in total. The summed E-state index contributed by atoms with van der Waals surface area (Å²) in [6, 6.07) is 1.00. The number of benzene rings is 1. The lowest BCUT2D eigenvalue weighted by Gasteiger charge is -2.18. The summed E-state index contributed by atoms with van der Waals surface area (Å²) >= 11 is 0. The molecule has 25 heavy (non-hydrogen) atoms. The third kappa shape index (κ3) is 3.09. The Hall–Kier alpha value is -2.83. The molecule has 0 unspecified atom stereocenters. The van der Waals surface area contributed by atoms with Crippen molar-refractivity contribution in [1.29, 1.82) is 0 Å². The minimum absolute atomic E-state index is 0.0113. The van der Waals surface area contributed by atoms with Crippen molar-refractivity contribution in [3.8, 4) is 5.75 Å². The molecule has 3 rings (SSSR count). The first kappa shape index (κ1) is 17.0. The van der Waals surface area contributed by atoms with Gasteiger partial charge >= 0.3 is 10.2 Å². The number of anilines is 2. The molecule has 1 aromatic carbocycles. The van der Waals surface area contributed by atoms with Gasteiger partial charge in [-0.15, -0.1) is 0 Å². The first-order valence-electron chi connectivity index (χ1n) is 6.72. The van der Waals surface area contributed by atoms with Gasteiger partial charge in [0.25, 0.3) is 12.3 Å². The summed E-state index contributed by atoms with van der Waals surface area (Å²) in [6.45, 7) is -1.49. The summed E-state index contributed by atoms with van der Waals surface area (Å²) in [5.74, 6) is -3.19. The summed E-state index contributed by atoms with van der Waals surface area (Å²) in [5.41, 5.74) is -1.18. The number of rotatable bonds is 4. The first-order valence-corrected chi connectivity index (χ1v) is 8.16. The van der Waals surface area contributed by atoms with Crippen molar-refractivity contribution in [1.82, 2.24) is 14.7 Å². The minimum Gasteiger partial charge on any atom is -0.506 e. The number of aromatic hydroxyl groups is 1. The van der Waals surface area contributed by atoms with Crippen LogP contribution in [0, 0.1) is 5.82 Å². The summed E-state index contributed by atoms with van der Waals surface area (Å²) < 4.78 is 64.9. The van der Waals surface area contributed by atoms with E-state index in [0.29, 0.717) is 4.31 Å². The van der Waals surface area contributed by atoms with Crippen molar-refractivity contribution in [2.45, 2.75) is 6.43 Å². The Labute approximate surface area is 138 Å². The smallest absolute Gasteiger partial charge is 0.326 e. The molecule has 0 bridgehead atoms. The van der Waals surface area contributed by atoms with Gasteiger partial charge in [-0.3, -0.25) is 4.79 Å². The van der Waals surface area contributed by atoms with E-state index in [4.69, 9.17) is 0 Å². The van der Waals surface area contributed by atoms with E-state index in [0.717, 1.165) is 12.3 Å². The Morgan fingerprint density at radius 2 is 2.16 bits per heavy atom. The summed E-state index contributed by atoms with van der Waals surface area (Å²) in [7, 11) is -4.36. The SMILES string of the molecule is O=C1CN(c2c(O)cc3cnc(NCC(F)F)nc3c2F)S(=O)(=O)N1. The molecule has 13 heteroatoms. The van der Waals surface area contributed by atoms with E-state index in [9.17, 15) is 31.5 Å². The maximum absolute atomic E-state index is 14.8. The van der Waals surface area contributed by atoms with E-state index in [1.54, 1.807) is 4.72 Å². The Kier molecular flexibility index (Phi) is 4.02. The quantitative estimate of drug-likeness (QED) is 0.701. The highest BCUT2D eigenvalue weighted by Gasteiger charge is 2.38. The number of alkyl halides is 2. The molecule has 0 radical (unpaired) electrons. The molecule has 0 aliphatic carbocycles. The van der Waals surface area contributed by atoms with E-state index >= 15 is 0 Å². The van der Waals surface area contributed by atoms with Crippen molar-refractivity contribution in [3.05, 3.63) is 18.1 Å². The molecule has 1 aliphatic heterocycles. The van der Waals surface area contributed by atoms with E-state index < -0.39 is 58.4 Å². The van der Waals surface area contributed by atoms with Crippen LogP contribution in [-0.4, -0.2) is 48.9 Å². The van der Waals surface area contributed by atoms with Crippen LogP contribution in [0.4, 0.5) is 24.8 Å². The van der Waals surface area contributed by atoms with Crippen LogP contribution in [0.25, 0.3) is 10.9 Å². The van der Waals surface area contributed by atoms with E-state index in [2.05, 4.69) is 15.3 Å². The number of hydrogen-bond donors (Lipinski definition) is 3. The number of nitrogens with one attached hydrogen (secondary N) is 2. The second-order valence-electron chi connectivity index (χ2n) is 5.00. The van der Waals surface area contributed by atoms with E-state index in [-0.39, 0.29) is 11.3 Å². The summed E-state index contributed by atoms with van der Waals surface area (Å²) in [5, 5.41) is 12.2. The van der Waals surface area contributed by atoms with Crippen molar-refractivity contribution < 1.29 is 31.5 Å². The van der Waals surface area contributed by atoms with Gasteiger partial charge in [-0.1, -0.05) is 0 Å². The third-order valence-electron chi connectivity index (χ3n) is 3.25. The van der Waals surface area contributed by atoms with Crippen LogP contribution in [0.1, 0.15) is 0 Å². The molecule has 9 nitrogen and oxygen atoms in total. The molecule has 2 heterocycles. The third-order valence-corrected chi connectivity index (χ3v) is 4.63. The second-order valence-corrected chi connectivity index (χ2v) is 6.59. The van der Waals surface area contributed by atoms with Crippen molar-refractivity contribution in [3.63, 3.8) is 0 Å². The van der Waals surface area contributed by atoms with Gasteiger partial charge in [0.05, 0.1) is 6.54 Å². The van der Waals surface area contributed by atoms with Crippen LogP contribution in [0.5, 0.6) is 5.75 Å². The molecular formula is C12H10F3N5O4S. The molecule has 0 spiro atoms. The van der Waals surface area contributed by atoms with Crippen molar-refractivity contribution in [2.24, 2.45) is 0 Å². The van der Waals surface area contributed by atoms with Crippen LogP contribution in [-0.2, 0) is 15.0 Å². The number of phenols is 1. The molecule has 2 aromatic rings. The lowest BCUT2D eigenvalue weighted by atomic mass is 10.2. The Balaban J connectivity index is 2.12. The number of fused-ring (bicyclic) bond motifs is 1. The molecule has 1 aromatic heterocycles. The lowest BCUT2D eigenvalue weighted by molar-refractivity contribution is -0.117. The maximum atomic E-state index is 14.8. The number of hydrogen-bond acceptors (Lipinski definition) is 7. The predicted octanol–water partition coefficient (Wildman–Crippen LogP) is 0.332. The fourth-order valence-electron chi connectivity index (χ4n) is 2.25. The Bertz CT molecular complexity index is 969. The Morgan fingerprint density at radius 3 is 2.76 bits per heavy atom.